The van der Waals surface area contributed by atoms with Gasteiger partial charge in [-0.3, -0.25) is 4.90 Å². The third kappa shape index (κ3) is 6.59. The molecule has 1 heterocycles. The van der Waals surface area contributed by atoms with E-state index in [9.17, 15) is 13.6 Å². The van der Waals surface area contributed by atoms with Crippen LogP contribution in [0.25, 0.3) is 0 Å². The van der Waals surface area contributed by atoms with Crippen LogP contribution < -0.4 is 20.3 Å². The van der Waals surface area contributed by atoms with E-state index < -0.39 is 17.7 Å². The van der Waals surface area contributed by atoms with Crippen LogP contribution in [0.3, 0.4) is 0 Å². The lowest BCUT2D eigenvalue weighted by Gasteiger charge is -2.23. The summed E-state index contributed by atoms with van der Waals surface area (Å²) < 4.78 is 38.0. The molecule has 0 saturated heterocycles. The van der Waals surface area contributed by atoms with Gasteiger partial charge in [0.15, 0.2) is 0 Å². The van der Waals surface area contributed by atoms with Crippen molar-refractivity contribution in [3.05, 3.63) is 71.9 Å². The number of anilines is 3. The van der Waals surface area contributed by atoms with E-state index in [1.54, 1.807) is 44.6 Å². The Morgan fingerprint density at radius 2 is 1.88 bits per heavy atom. The normalized spacial score (nSPS) is 11.5. The monoisotopic (exact) mass is 457 g/mol. The molecule has 1 atom stereocenters. The van der Waals surface area contributed by atoms with Crippen LogP contribution in [0.1, 0.15) is 12.5 Å². The third-order valence-electron chi connectivity index (χ3n) is 4.62. The maximum absolute atomic E-state index is 14.1. The second-order valence-electron chi connectivity index (χ2n) is 7.23. The van der Waals surface area contributed by atoms with Crippen LogP contribution >= 0.6 is 0 Å². The SMILES string of the molecule is COCC(C)Nc1nccc(N(Cc2ccc(OC)cc2)C(=O)Nc2cc(F)ccc2F)n1. The molecule has 0 saturated carbocycles. The van der Waals surface area contributed by atoms with Gasteiger partial charge in [-0.25, -0.2) is 18.6 Å². The fraction of sp³-hybridized carbons (Fsp3) is 0.261. The molecule has 0 spiro atoms. The van der Waals surface area contributed by atoms with Crippen molar-refractivity contribution in [1.82, 2.24) is 9.97 Å². The first-order chi connectivity index (χ1) is 15.9. The number of rotatable bonds is 9. The van der Waals surface area contributed by atoms with Crippen LogP contribution in [0.2, 0.25) is 0 Å². The van der Waals surface area contributed by atoms with Crippen molar-refractivity contribution in [2.75, 3.05) is 36.4 Å². The second-order valence-corrected chi connectivity index (χ2v) is 7.23. The van der Waals surface area contributed by atoms with Gasteiger partial charge in [0.05, 0.1) is 25.9 Å². The van der Waals surface area contributed by atoms with Gasteiger partial charge in [0, 0.05) is 25.4 Å². The number of aromatic nitrogens is 2. The van der Waals surface area contributed by atoms with Crippen molar-refractivity contribution in [2.45, 2.75) is 19.5 Å². The van der Waals surface area contributed by atoms with E-state index in [4.69, 9.17) is 9.47 Å². The molecule has 8 nitrogen and oxygen atoms in total. The van der Waals surface area contributed by atoms with Crippen LogP contribution in [0, 0.1) is 11.6 Å². The van der Waals surface area contributed by atoms with E-state index in [1.165, 1.54) is 11.1 Å². The molecule has 2 N–H and O–H groups in total. The quantitative estimate of drug-likeness (QED) is 0.494. The molecule has 0 bridgehead atoms. The summed E-state index contributed by atoms with van der Waals surface area (Å²) in [5.41, 5.74) is 0.493. The molecule has 33 heavy (non-hydrogen) atoms. The number of hydrogen-bond acceptors (Lipinski definition) is 6. The van der Waals surface area contributed by atoms with Crippen molar-refractivity contribution in [1.29, 1.82) is 0 Å². The summed E-state index contributed by atoms with van der Waals surface area (Å²) >= 11 is 0. The van der Waals surface area contributed by atoms with E-state index in [1.807, 2.05) is 6.92 Å². The van der Waals surface area contributed by atoms with Crippen molar-refractivity contribution in [2.24, 2.45) is 0 Å². The summed E-state index contributed by atoms with van der Waals surface area (Å²) in [6.45, 7) is 2.44. The molecule has 0 aliphatic rings. The molecule has 174 valence electrons. The number of hydrogen-bond donors (Lipinski definition) is 2. The summed E-state index contributed by atoms with van der Waals surface area (Å²) in [7, 11) is 3.14. The van der Waals surface area contributed by atoms with Crippen molar-refractivity contribution >= 4 is 23.5 Å². The molecule has 0 aliphatic heterocycles. The third-order valence-corrected chi connectivity index (χ3v) is 4.62. The van der Waals surface area contributed by atoms with E-state index in [0.29, 0.717) is 18.3 Å². The van der Waals surface area contributed by atoms with Gasteiger partial charge in [-0.2, -0.15) is 4.98 Å². The highest BCUT2D eigenvalue weighted by molar-refractivity contribution is 6.01. The highest BCUT2D eigenvalue weighted by Crippen LogP contribution is 2.21. The predicted molar refractivity (Wildman–Crippen MR) is 122 cm³/mol. The van der Waals surface area contributed by atoms with Gasteiger partial charge in [0.1, 0.15) is 23.2 Å². The van der Waals surface area contributed by atoms with Crippen LogP contribution in [-0.2, 0) is 11.3 Å². The minimum atomic E-state index is -0.757. The average Bonchev–Trinajstić information content (AvgIpc) is 2.80. The Hall–Kier alpha value is -3.79. The number of carbonyl (C=O) groups excluding carboxylic acids is 1. The van der Waals surface area contributed by atoms with Crippen molar-refractivity contribution in [3.63, 3.8) is 0 Å². The first-order valence-electron chi connectivity index (χ1n) is 10.1. The Labute approximate surface area is 190 Å². The predicted octanol–water partition coefficient (Wildman–Crippen LogP) is 4.45. The standard InChI is InChI=1S/C23H25F2N5O3/c1-15(14-32-2)27-22-26-11-10-21(29-22)30(13-16-4-7-18(33-3)8-5-16)23(31)28-20-12-17(24)6-9-19(20)25/h4-12,15H,13-14H2,1-3H3,(H,28,31)(H,26,27,29). The maximum atomic E-state index is 14.1. The molecule has 1 unspecified atom stereocenters. The molecule has 2 amide bonds. The van der Waals surface area contributed by atoms with Crippen LogP contribution in [0.15, 0.2) is 54.7 Å². The van der Waals surface area contributed by atoms with Gasteiger partial charge in [-0.05, 0) is 42.8 Å². The van der Waals surface area contributed by atoms with Crippen molar-refractivity contribution < 1.29 is 23.0 Å². The fourth-order valence-corrected chi connectivity index (χ4v) is 3.03. The Balaban J connectivity index is 1.90. The molecule has 10 heteroatoms. The van der Waals surface area contributed by atoms with Crippen molar-refractivity contribution in [3.8, 4) is 5.75 Å². The summed E-state index contributed by atoms with van der Waals surface area (Å²) in [6, 6.07) is 10.7. The number of amides is 2. The summed E-state index contributed by atoms with van der Waals surface area (Å²) in [4.78, 5) is 23.0. The molecule has 3 aromatic rings. The van der Waals surface area contributed by atoms with E-state index in [0.717, 1.165) is 23.8 Å². The van der Waals surface area contributed by atoms with Crippen LogP contribution in [0.4, 0.5) is 31.0 Å². The van der Waals surface area contributed by atoms with Gasteiger partial charge < -0.3 is 20.1 Å². The number of nitrogens with one attached hydrogen (secondary N) is 2. The Kier molecular flexibility index (Phi) is 8.09. The number of ether oxygens (including phenoxy) is 2. The molecular weight excluding hydrogens is 432 g/mol. The number of carbonyl (C=O) groups is 1. The number of halogens is 2. The second kappa shape index (κ2) is 11.2. The summed E-state index contributed by atoms with van der Waals surface area (Å²) in [5.74, 6) is -0.206. The number of urea groups is 1. The zero-order chi connectivity index (χ0) is 23.8. The van der Waals surface area contributed by atoms with Crippen LogP contribution in [-0.4, -0.2) is 42.9 Å². The minimum Gasteiger partial charge on any atom is -0.497 e. The Morgan fingerprint density at radius 1 is 1.12 bits per heavy atom. The first kappa shape index (κ1) is 23.9. The molecule has 1 aromatic heterocycles. The highest BCUT2D eigenvalue weighted by Gasteiger charge is 2.20. The number of benzene rings is 2. The lowest BCUT2D eigenvalue weighted by molar-refractivity contribution is 0.190. The van der Waals surface area contributed by atoms with Crippen LogP contribution in [0.5, 0.6) is 5.75 Å². The molecular formula is C23H25F2N5O3. The molecule has 0 radical (unpaired) electrons. The smallest absolute Gasteiger partial charge is 0.327 e. The van der Waals surface area contributed by atoms with E-state index in [-0.39, 0.29) is 24.1 Å². The van der Waals surface area contributed by atoms with E-state index >= 15 is 0 Å². The lowest BCUT2D eigenvalue weighted by Crippen LogP contribution is -2.35. The van der Waals surface area contributed by atoms with Gasteiger partial charge in [0.25, 0.3) is 0 Å². The largest absolute Gasteiger partial charge is 0.497 e. The lowest BCUT2D eigenvalue weighted by atomic mass is 10.2. The van der Waals surface area contributed by atoms with Gasteiger partial charge in [-0.1, -0.05) is 12.1 Å². The average molecular weight is 457 g/mol. The van der Waals surface area contributed by atoms with Gasteiger partial charge in [-0.15, -0.1) is 0 Å². The van der Waals surface area contributed by atoms with E-state index in [2.05, 4.69) is 20.6 Å². The molecule has 3 rings (SSSR count). The highest BCUT2D eigenvalue weighted by atomic mass is 19.1. The molecule has 0 fully saturated rings. The van der Waals surface area contributed by atoms with Gasteiger partial charge >= 0.3 is 6.03 Å². The maximum Gasteiger partial charge on any atom is 0.327 e. The molecule has 2 aromatic carbocycles. The fourth-order valence-electron chi connectivity index (χ4n) is 3.03. The first-order valence-corrected chi connectivity index (χ1v) is 10.1. The Morgan fingerprint density at radius 3 is 2.58 bits per heavy atom. The number of nitrogens with zero attached hydrogens (tertiary/aromatic N) is 3. The Bertz CT molecular complexity index is 1080. The topological polar surface area (TPSA) is 88.6 Å². The minimum absolute atomic E-state index is 0.0736. The molecule has 0 aliphatic carbocycles. The zero-order valence-electron chi connectivity index (χ0n) is 18.5. The van der Waals surface area contributed by atoms with Gasteiger partial charge in [0.2, 0.25) is 5.95 Å². The zero-order valence-corrected chi connectivity index (χ0v) is 18.5. The summed E-state index contributed by atoms with van der Waals surface area (Å²) in [5, 5.41) is 5.51. The summed E-state index contributed by atoms with van der Waals surface area (Å²) in [6.07, 6.45) is 1.50. The number of methoxy groups -OCH3 is 2.